The first kappa shape index (κ1) is 20.6. The van der Waals surface area contributed by atoms with Crippen LogP contribution in [0.4, 0.5) is 23.2 Å². The van der Waals surface area contributed by atoms with Crippen molar-refractivity contribution in [2.24, 2.45) is 0 Å². The number of nitrogens with zero attached hydrogens (tertiary/aromatic N) is 4. The van der Waals surface area contributed by atoms with Crippen LogP contribution in [0, 0.1) is 26.6 Å². The van der Waals surface area contributed by atoms with Crippen molar-refractivity contribution in [3.8, 4) is 0 Å². The average molecular weight is 409 g/mol. The number of nitrogens with one attached hydrogen (secondary N) is 1. The Morgan fingerprint density at radius 3 is 2.45 bits per heavy atom. The van der Waals surface area contributed by atoms with E-state index >= 15 is 0 Å². The zero-order valence-corrected chi connectivity index (χ0v) is 16.0. The number of alkyl halides is 3. The molecule has 0 saturated carbocycles. The van der Waals surface area contributed by atoms with Gasteiger partial charge in [-0.3, -0.25) is 14.2 Å². The number of amides is 1. The van der Waals surface area contributed by atoms with E-state index in [-0.39, 0.29) is 18.1 Å². The highest BCUT2D eigenvalue weighted by Crippen LogP contribution is 2.30. The second-order valence-corrected chi connectivity index (χ2v) is 6.67. The maximum absolute atomic E-state index is 13.9. The number of aryl methyl sites for hydroxylation is 2. The van der Waals surface area contributed by atoms with Gasteiger partial charge in [0, 0.05) is 5.56 Å². The van der Waals surface area contributed by atoms with E-state index in [2.05, 4.69) is 15.5 Å². The lowest BCUT2D eigenvalue weighted by Crippen LogP contribution is -2.24. The number of hydrogen-bond acceptors (Lipinski definition) is 3. The van der Waals surface area contributed by atoms with Crippen LogP contribution in [0.5, 0.6) is 0 Å². The van der Waals surface area contributed by atoms with E-state index in [1.165, 1.54) is 17.7 Å². The monoisotopic (exact) mass is 409 g/mol. The number of hydrogen-bond donors (Lipinski definition) is 1. The summed E-state index contributed by atoms with van der Waals surface area (Å²) in [6.07, 6.45) is -4.61. The Balaban J connectivity index is 1.78. The van der Waals surface area contributed by atoms with Crippen molar-refractivity contribution in [2.75, 3.05) is 5.32 Å². The smallest absolute Gasteiger partial charge is 0.321 e. The minimum Gasteiger partial charge on any atom is -0.321 e. The van der Waals surface area contributed by atoms with E-state index in [9.17, 15) is 22.4 Å². The van der Waals surface area contributed by atoms with Crippen LogP contribution in [0.15, 0.2) is 30.3 Å². The van der Waals surface area contributed by atoms with E-state index in [4.69, 9.17) is 0 Å². The van der Waals surface area contributed by atoms with Gasteiger partial charge in [0.15, 0.2) is 0 Å². The molecule has 0 bridgehead atoms. The Morgan fingerprint density at radius 1 is 1.10 bits per heavy atom. The van der Waals surface area contributed by atoms with Crippen LogP contribution in [0.1, 0.15) is 28.3 Å². The van der Waals surface area contributed by atoms with Crippen LogP contribution < -0.4 is 5.32 Å². The van der Waals surface area contributed by atoms with Gasteiger partial charge in [-0.25, -0.2) is 4.39 Å². The predicted molar refractivity (Wildman–Crippen MR) is 97.8 cm³/mol. The van der Waals surface area contributed by atoms with Crippen molar-refractivity contribution in [1.29, 1.82) is 0 Å². The van der Waals surface area contributed by atoms with Crippen LogP contribution in [-0.4, -0.2) is 25.5 Å². The van der Waals surface area contributed by atoms with Gasteiger partial charge >= 0.3 is 6.18 Å². The van der Waals surface area contributed by atoms with Crippen LogP contribution in [0.3, 0.4) is 0 Å². The number of aromatic nitrogens is 4. The van der Waals surface area contributed by atoms with Crippen molar-refractivity contribution < 1.29 is 22.4 Å². The van der Waals surface area contributed by atoms with E-state index < -0.39 is 24.3 Å². The van der Waals surface area contributed by atoms with Gasteiger partial charge in [0.1, 0.15) is 18.1 Å². The first-order valence-corrected chi connectivity index (χ1v) is 8.75. The van der Waals surface area contributed by atoms with Gasteiger partial charge in [-0.15, -0.1) is 0 Å². The molecule has 1 amide bonds. The molecule has 0 atom stereocenters. The summed E-state index contributed by atoms with van der Waals surface area (Å²) in [4.78, 5) is 12.4. The lowest BCUT2D eigenvalue weighted by atomic mass is 10.2. The fraction of sp³-hybridized carbons (Fsp3) is 0.316. The second kappa shape index (κ2) is 7.69. The Bertz CT molecular complexity index is 1050. The summed E-state index contributed by atoms with van der Waals surface area (Å²) in [7, 11) is 0. The van der Waals surface area contributed by atoms with Crippen LogP contribution in [0.2, 0.25) is 0 Å². The highest BCUT2D eigenvalue weighted by molar-refractivity contribution is 5.91. The zero-order chi connectivity index (χ0) is 21.3. The van der Waals surface area contributed by atoms with E-state index in [0.29, 0.717) is 27.3 Å². The number of rotatable bonds is 5. The van der Waals surface area contributed by atoms with Crippen LogP contribution in [0.25, 0.3) is 0 Å². The summed E-state index contributed by atoms with van der Waals surface area (Å²) in [5.74, 6) is -1.05. The van der Waals surface area contributed by atoms with Crippen LogP contribution >= 0.6 is 0 Å². The molecule has 29 heavy (non-hydrogen) atoms. The molecule has 0 saturated heterocycles. The number of carbonyl (C=O) groups is 1. The molecule has 0 aliphatic rings. The third kappa shape index (κ3) is 4.47. The minimum absolute atomic E-state index is 0.159. The number of benzene rings is 1. The first-order valence-electron chi connectivity index (χ1n) is 8.75. The Morgan fingerprint density at radius 2 is 1.79 bits per heavy atom. The Kier molecular flexibility index (Phi) is 5.45. The summed E-state index contributed by atoms with van der Waals surface area (Å²) in [6, 6.07) is 7.14. The van der Waals surface area contributed by atoms with E-state index in [1.807, 2.05) is 0 Å². The zero-order valence-electron chi connectivity index (χ0n) is 16.0. The van der Waals surface area contributed by atoms with E-state index in [1.54, 1.807) is 32.0 Å². The topological polar surface area (TPSA) is 64.7 Å². The normalized spacial score (nSPS) is 11.7. The second-order valence-electron chi connectivity index (χ2n) is 6.67. The molecule has 1 aromatic carbocycles. The molecule has 10 heteroatoms. The highest BCUT2D eigenvalue weighted by atomic mass is 19.4. The van der Waals surface area contributed by atoms with Crippen molar-refractivity contribution >= 4 is 11.6 Å². The standard InChI is InChI=1S/C19H19F4N5O/c1-11-8-16(19(21,22)23)28(25-11)10-17(29)24-18-12(2)26-27(13(18)3)9-14-6-4-5-7-15(14)20/h4-8H,9-10H2,1-3H3,(H,24,29). The fourth-order valence-electron chi connectivity index (χ4n) is 3.03. The minimum atomic E-state index is -4.61. The van der Waals surface area contributed by atoms with Crippen molar-refractivity contribution in [3.05, 3.63) is 64.5 Å². The van der Waals surface area contributed by atoms with E-state index in [0.717, 1.165) is 6.07 Å². The van der Waals surface area contributed by atoms with Gasteiger partial charge in [0.25, 0.3) is 0 Å². The fourth-order valence-corrected chi connectivity index (χ4v) is 3.03. The largest absolute Gasteiger partial charge is 0.433 e. The highest BCUT2D eigenvalue weighted by Gasteiger charge is 2.35. The van der Waals surface area contributed by atoms with Gasteiger partial charge < -0.3 is 5.32 Å². The van der Waals surface area contributed by atoms with Gasteiger partial charge in [-0.05, 0) is 32.9 Å². The SMILES string of the molecule is Cc1cc(C(F)(F)F)n(CC(=O)Nc2c(C)nn(Cc3ccccc3F)c2C)n1. The quantitative estimate of drug-likeness (QED) is 0.651. The first-order chi connectivity index (χ1) is 13.6. The molecule has 3 aromatic rings. The molecule has 154 valence electrons. The molecule has 0 unspecified atom stereocenters. The summed E-state index contributed by atoms with van der Waals surface area (Å²) < 4.78 is 55.3. The molecule has 0 radical (unpaired) electrons. The molecule has 1 N–H and O–H groups in total. The maximum atomic E-state index is 13.9. The molecule has 0 fully saturated rings. The predicted octanol–water partition coefficient (Wildman–Crippen LogP) is 3.85. The Hall–Kier alpha value is -3.17. The van der Waals surface area contributed by atoms with Gasteiger partial charge in [0.05, 0.1) is 29.3 Å². The number of carbonyl (C=O) groups excluding carboxylic acids is 1. The molecule has 3 rings (SSSR count). The van der Waals surface area contributed by atoms with Crippen molar-refractivity contribution in [2.45, 2.75) is 40.0 Å². The molecule has 0 spiro atoms. The van der Waals surface area contributed by atoms with Gasteiger partial charge in [0.2, 0.25) is 5.91 Å². The maximum Gasteiger partial charge on any atom is 0.433 e. The summed E-state index contributed by atoms with van der Waals surface area (Å²) in [6.45, 7) is 4.33. The molecule has 0 aliphatic carbocycles. The third-order valence-corrected chi connectivity index (χ3v) is 4.41. The van der Waals surface area contributed by atoms with Gasteiger partial charge in [-0.2, -0.15) is 23.4 Å². The molecular formula is C19H19F4N5O. The third-order valence-electron chi connectivity index (χ3n) is 4.41. The average Bonchev–Trinajstić information content (AvgIpc) is 3.11. The van der Waals surface area contributed by atoms with Gasteiger partial charge in [-0.1, -0.05) is 18.2 Å². The van der Waals surface area contributed by atoms with Crippen molar-refractivity contribution in [1.82, 2.24) is 19.6 Å². The molecule has 2 heterocycles. The number of halogens is 4. The molecule has 2 aromatic heterocycles. The Labute approximate surface area is 164 Å². The summed E-state index contributed by atoms with van der Waals surface area (Å²) >= 11 is 0. The van der Waals surface area contributed by atoms with Crippen molar-refractivity contribution in [3.63, 3.8) is 0 Å². The summed E-state index contributed by atoms with van der Waals surface area (Å²) in [5.41, 5.74) is 1.01. The summed E-state index contributed by atoms with van der Waals surface area (Å²) in [5, 5.41) is 10.6. The lowest BCUT2D eigenvalue weighted by Gasteiger charge is -2.11. The molecule has 6 nitrogen and oxygen atoms in total. The number of anilines is 1. The lowest BCUT2D eigenvalue weighted by molar-refractivity contribution is -0.144. The molecule has 0 aliphatic heterocycles. The molecular weight excluding hydrogens is 390 g/mol. The van der Waals surface area contributed by atoms with Crippen LogP contribution in [-0.2, 0) is 24.1 Å².